The smallest absolute Gasteiger partial charge is 0.222 e. The van der Waals surface area contributed by atoms with Crippen LogP contribution < -0.4 is 0 Å². The number of rotatable bonds is 7. The van der Waals surface area contributed by atoms with Crippen molar-refractivity contribution < 1.29 is 14.3 Å². The van der Waals surface area contributed by atoms with E-state index in [9.17, 15) is 4.79 Å². The van der Waals surface area contributed by atoms with E-state index in [1.54, 1.807) is 7.11 Å². The van der Waals surface area contributed by atoms with E-state index in [0.29, 0.717) is 32.2 Å². The third-order valence-corrected chi connectivity index (χ3v) is 4.24. The first-order chi connectivity index (χ1) is 11.2. The Morgan fingerprint density at radius 3 is 2.74 bits per heavy atom. The van der Waals surface area contributed by atoms with Crippen LogP contribution in [0.3, 0.4) is 0 Å². The van der Waals surface area contributed by atoms with E-state index in [1.807, 2.05) is 24.9 Å². The van der Waals surface area contributed by atoms with Crippen molar-refractivity contribution in [1.29, 1.82) is 0 Å². The Morgan fingerprint density at radius 1 is 1.35 bits per heavy atom. The molecule has 2 heterocycles. The van der Waals surface area contributed by atoms with Crippen LogP contribution in [0.2, 0.25) is 0 Å². The highest BCUT2D eigenvalue weighted by Gasteiger charge is 2.25. The highest BCUT2D eigenvalue weighted by Crippen LogP contribution is 2.29. The van der Waals surface area contributed by atoms with Crippen LogP contribution in [0, 0.1) is 6.92 Å². The third-order valence-electron chi connectivity index (χ3n) is 4.24. The zero-order chi connectivity index (χ0) is 16.7. The second-order valence-electron chi connectivity index (χ2n) is 5.88. The molecule has 1 saturated heterocycles. The van der Waals surface area contributed by atoms with Crippen LogP contribution in [0.15, 0.2) is 6.20 Å². The van der Waals surface area contributed by atoms with Crippen molar-refractivity contribution in [3.8, 4) is 0 Å². The van der Waals surface area contributed by atoms with Crippen LogP contribution in [0.25, 0.3) is 0 Å². The number of aromatic nitrogens is 2. The van der Waals surface area contributed by atoms with Crippen molar-refractivity contribution in [1.82, 2.24) is 14.9 Å². The minimum Gasteiger partial charge on any atom is -0.382 e. The number of carbonyl (C=O) groups is 1. The number of carbonyl (C=O) groups excluding carboxylic acids is 1. The molecule has 0 aliphatic carbocycles. The number of amides is 1. The second-order valence-corrected chi connectivity index (χ2v) is 5.88. The lowest BCUT2D eigenvalue weighted by Gasteiger charge is -2.32. The average molecular weight is 321 g/mol. The van der Waals surface area contributed by atoms with Gasteiger partial charge in [-0.3, -0.25) is 4.79 Å². The normalized spacial score (nSPS) is 15.9. The van der Waals surface area contributed by atoms with Gasteiger partial charge in [0.2, 0.25) is 5.91 Å². The van der Waals surface area contributed by atoms with Crippen molar-refractivity contribution in [3.05, 3.63) is 23.3 Å². The number of aryl methyl sites for hydroxylation is 1. The molecule has 1 amide bonds. The maximum absolute atomic E-state index is 11.8. The highest BCUT2D eigenvalue weighted by molar-refractivity contribution is 5.75. The first-order valence-corrected chi connectivity index (χ1v) is 8.32. The lowest BCUT2D eigenvalue weighted by atomic mass is 9.90. The minimum atomic E-state index is 0.241. The van der Waals surface area contributed by atoms with Crippen molar-refractivity contribution in [2.24, 2.45) is 0 Å². The van der Waals surface area contributed by atoms with Crippen LogP contribution in [0.4, 0.5) is 0 Å². The molecule has 2 rings (SSSR count). The summed E-state index contributed by atoms with van der Waals surface area (Å²) in [6.07, 6.45) is 4.35. The molecule has 0 spiro atoms. The fourth-order valence-corrected chi connectivity index (χ4v) is 2.93. The maximum atomic E-state index is 11.8. The molecule has 1 aromatic heterocycles. The number of methoxy groups -OCH3 is 1. The molecule has 128 valence electrons. The summed E-state index contributed by atoms with van der Waals surface area (Å²) < 4.78 is 10.6. The van der Waals surface area contributed by atoms with Crippen molar-refractivity contribution >= 4 is 5.91 Å². The molecular formula is C17H27N3O3. The summed E-state index contributed by atoms with van der Waals surface area (Å²) in [6, 6.07) is 0. The van der Waals surface area contributed by atoms with Crippen LogP contribution >= 0.6 is 0 Å². The van der Waals surface area contributed by atoms with Crippen molar-refractivity contribution in [2.45, 2.75) is 45.6 Å². The molecule has 1 aromatic rings. The van der Waals surface area contributed by atoms with Gasteiger partial charge in [-0.1, -0.05) is 6.92 Å². The van der Waals surface area contributed by atoms with Crippen LogP contribution in [-0.2, 0) is 20.9 Å². The summed E-state index contributed by atoms with van der Waals surface area (Å²) in [4.78, 5) is 22.7. The summed E-state index contributed by atoms with van der Waals surface area (Å²) >= 11 is 0. The zero-order valence-electron chi connectivity index (χ0n) is 14.4. The van der Waals surface area contributed by atoms with E-state index in [4.69, 9.17) is 9.47 Å². The number of hydrogen-bond donors (Lipinski definition) is 0. The molecule has 0 radical (unpaired) electrons. The van der Waals surface area contributed by atoms with Crippen LogP contribution in [0.5, 0.6) is 0 Å². The highest BCUT2D eigenvalue weighted by atomic mass is 16.5. The number of likely N-dealkylation sites (tertiary alicyclic amines) is 1. The number of piperidine rings is 1. The second kappa shape index (κ2) is 8.93. The Hall–Kier alpha value is -1.53. The average Bonchev–Trinajstić information content (AvgIpc) is 2.59. The Balaban J connectivity index is 2.01. The van der Waals surface area contributed by atoms with E-state index >= 15 is 0 Å². The van der Waals surface area contributed by atoms with Gasteiger partial charge in [-0.05, 0) is 19.8 Å². The van der Waals surface area contributed by atoms with Crippen LogP contribution in [-0.4, -0.2) is 54.2 Å². The van der Waals surface area contributed by atoms with Gasteiger partial charge in [0.15, 0.2) is 0 Å². The molecule has 23 heavy (non-hydrogen) atoms. The van der Waals surface area contributed by atoms with Gasteiger partial charge in [0, 0.05) is 44.3 Å². The maximum Gasteiger partial charge on any atom is 0.222 e. The summed E-state index contributed by atoms with van der Waals surface area (Å²) in [5.41, 5.74) is 2.13. The SMILES string of the molecule is CCC(=O)N1CCC(c2nc(C)ncc2COCCOC)CC1. The minimum absolute atomic E-state index is 0.241. The molecule has 6 heteroatoms. The van der Waals surface area contributed by atoms with Gasteiger partial charge >= 0.3 is 0 Å². The van der Waals surface area contributed by atoms with Gasteiger partial charge in [0.1, 0.15) is 5.82 Å². The van der Waals surface area contributed by atoms with E-state index in [-0.39, 0.29) is 5.91 Å². The van der Waals surface area contributed by atoms with Gasteiger partial charge in [-0.2, -0.15) is 0 Å². The Bertz CT molecular complexity index is 514. The van der Waals surface area contributed by atoms with Gasteiger partial charge in [0.25, 0.3) is 0 Å². The van der Waals surface area contributed by atoms with Gasteiger partial charge in [0.05, 0.1) is 25.5 Å². The molecule has 0 N–H and O–H groups in total. The predicted molar refractivity (Wildman–Crippen MR) is 87.1 cm³/mol. The van der Waals surface area contributed by atoms with Crippen molar-refractivity contribution in [3.63, 3.8) is 0 Å². The molecular weight excluding hydrogens is 294 g/mol. The molecule has 1 aliphatic rings. The Morgan fingerprint density at radius 2 is 2.09 bits per heavy atom. The number of nitrogens with zero attached hydrogens (tertiary/aromatic N) is 3. The molecule has 0 bridgehead atoms. The summed E-state index contributed by atoms with van der Waals surface area (Å²) in [7, 11) is 1.66. The molecule has 1 aliphatic heterocycles. The molecule has 0 atom stereocenters. The Kier molecular flexibility index (Phi) is 6.92. The first-order valence-electron chi connectivity index (χ1n) is 8.32. The summed E-state index contributed by atoms with van der Waals surface area (Å²) in [5, 5.41) is 0. The molecule has 1 fully saturated rings. The van der Waals surface area contributed by atoms with Gasteiger partial charge < -0.3 is 14.4 Å². The predicted octanol–water partition coefficient (Wildman–Crippen LogP) is 2.06. The van der Waals surface area contributed by atoms with Gasteiger partial charge in [-0.25, -0.2) is 9.97 Å². The summed E-state index contributed by atoms with van der Waals surface area (Å²) in [5.74, 6) is 1.40. The molecule has 0 aromatic carbocycles. The quantitative estimate of drug-likeness (QED) is 0.719. The van der Waals surface area contributed by atoms with Crippen LogP contribution in [0.1, 0.15) is 49.2 Å². The van der Waals surface area contributed by atoms with E-state index < -0.39 is 0 Å². The summed E-state index contributed by atoms with van der Waals surface area (Å²) in [6.45, 7) is 7.10. The standard InChI is InChI=1S/C17H27N3O3/c1-4-16(21)20-7-5-14(6-8-20)17-15(11-18-13(2)19-17)12-23-10-9-22-3/h11,14H,4-10,12H2,1-3H3. The zero-order valence-corrected chi connectivity index (χ0v) is 14.4. The molecule has 0 saturated carbocycles. The molecule has 6 nitrogen and oxygen atoms in total. The molecule has 0 unspecified atom stereocenters. The number of ether oxygens (including phenoxy) is 2. The number of hydrogen-bond acceptors (Lipinski definition) is 5. The third kappa shape index (κ3) is 4.97. The largest absolute Gasteiger partial charge is 0.382 e. The lowest BCUT2D eigenvalue weighted by molar-refractivity contribution is -0.131. The fraction of sp³-hybridized carbons (Fsp3) is 0.706. The first kappa shape index (κ1) is 17.8. The lowest BCUT2D eigenvalue weighted by Crippen LogP contribution is -2.37. The van der Waals surface area contributed by atoms with E-state index in [1.165, 1.54) is 0 Å². The Labute approximate surface area is 138 Å². The monoisotopic (exact) mass is 321 g/mol. The van der Waals surface area contributed by atoms with Crippen molar-refractivity contribution in [2.75, 3.05) is 33.4 Å². The van der Waals surface area contributed by atoms with Gasteiger partial charge in [-0.15, -0.1) is 0 Å². The fourth-order valence-electron chi connectivity index (χ4n) is 2.93. The van der Waals surface area contributed by atoms with E-state index in [2.05, 4.69) is 9.97 Å². The van der Waals surface area contributed by atoms with E-state index in [0.717, 1.165) is 43.0 Å². The topological polar surface area (TPSA) is 64.6 Å².